The van der Waals surface area contributed by atoms with Gasteiger partial charge in [-0.2, -0.15) is 0 Å². The molecule has 0 aliphatic heterocycles. The average molecular weight is 277 g/mol. The van der Waals surface area contributed by atoms with Crippen LogP contribution in [0.25, 0.3) is 6.08 Å². The van der Waals surface area contributed by atoms with E-state index >= 15 is 0 Å². The minimum Gasteiger partial charge on any atom is -0.493 e. The van der Waals surface area contributed by atoms with E-state index in [4.69, 9.17) is 9.47 Å². The molecule has 0 spiro atoms. The van der Waals surface area contributed by atoms with Crippen molar-refractivity contribution in [1.82, 2.24) is 5.32 Å². The molecule has 1 rings (SSSR count). The van der Waals surface area contributed by atoms with Crippen LogP contribution in [0.5, 0.6) is 11.5 Å². The third-order valence-electron chi connectivity index (χ3n) is 3.15. The number of methoxy groups -OCH3 is 2. The van der Waals surface area contributed by atoms with E-state index in [1.165, 1.54) is 5.57 Å². The lowest BCUT2D eigenvalue weighted by Crippen LogP contribution is -2.21. The summed E-state index contributed by atoms with van der Waals surface area (Å²) in [6, 6.07) is 5.96. The Morgan fingerprint density at radius 2 is 2.00 bits per heavy atom. The molecule has 1 aromatic rings. The standard InChI is InChI=1S/C17H27NO2/c1-6-14(12-18-11-13(2)3)10-15-8-7-9-16(19-4)17(15)20-5/h7-10,13,18H,6,11-12H2,1-5H3. The molecule has 112 valence electrons. The van der Waals surface area contributed by atoms with Gasteiger partial charge in [-0.1, -0.05) is 44.6 Å². The van der Waals surface area contributed by atoms with Crippen LogP contribution in [0.15, 0.2) is 23.8 Å². The van der Waals surface area contributed by atoms with E-state index in [-0.39, 0.29) is 0 Å². The predicted octanol–water partition coefficient (Wildman–Crippen LogP) is 3.74. The molecule has 0 aliphatic rings. The van der Waals surface area contributed by atoms with Crippen LogP contribution in [0.3, 0.4) is 0 Å². The van der Waals surface area contributed by atoms with Crippen LogP contribution in [-0.4, -0.2) is 27.3 Å². The number of rotatable bonds is 8. The van der Waals surface area contributed by atoms with E-state index in [1.807, 2.05) is 12.1 Å². The number of benzene rings is 1. The Balaban J connectivity index is 2.89. The molecule has 0 bridgehead atoms. The van der Waals surface area contributed by atoms with Crippen LogP contribution in [-0.2, 0) is 0 Å². The van der Waals surface area contributed by atoms with Crippen LogP contribution in [0.4, 0.5) is 0 Å². The van der Waals surface area contributed by atoms with Crippen molar-refractivity contribution in [2.45, 2.75) is 27.2 Å². The number of hydrogen-bond acceptors (Lipinski definition) is 3. The van der Waals surface area contributed by atoms with Crippen molar-refractivity contribution in [2.75, 3.05) is 27.3 Å². The molecule has 0 aliphatic carbocycles. The minimum absolute atomic E-state index is 0.666. The van der Waals surface area contributed by atoms with Gasteiger partial charge in [0.25, 0.3) is 0 Å². The summed E-state index contributed by atoms with van der Waals surface area (Å²) in [5.41, 5.74) is 2.42. The molecule has 0 atom stereocenters. The maximum absolute atomic E-state index is 5.47. The maximum Gasteiger partial charge on any atom is 0.167 e. The summed E-state index contributed by atoms with van der Waals surface area (Å²) in [5.74, 6) is 2.23. The van der Waals surface area contributed by atoms with Gasteiger partial charge in [-0.25, -0.2) is 0 Å². The average Bonchev–Trinajstić information content (AvgIpc) is 2.45. The largest absolute Gasteiger partial charge is 0.493 e. The molecule has 0 saturated heterocycles. The zero-order valence-electron chi connectivity index (χ0n) is 13.3. The van der Waals surface area contributed by atoms with E-state index in [0.29, 0.717) is 5.92 Å². The lowest BCUT2D eigenvalue weighted by atomic mass is 10.1. The minimum atomic E-state index is 0.666. The SMILES string of the molecule is CCC(=Cc1cccc(OC)c1OC)CNCC(C)C. The van der Waals surface area contributed by atoms with Crippen molar-refractivity contribution in [3.63, 3.8) is 0 Å². The van der Waals surface area contributed by atoms with Gasteiger partial charge in [0.1, 0.15) is 0 Å². The van der Waals surface area contributed by atoms with Crippen molar-refractivity contribution >= 4 is 6.08 Å². The first-order valence-electron chi connectivity index (χ1n) is 7.23. The molecule has 0 unspecified atom stereocenters. The third-order valence-corrected chi connectivity index (χ3v) is 3.15. The first-order chi connectivity index (χ1) is 9.62. The van der Waals surface area contributed by atoms with E-state index in [1.54, 1.807) is 14.2 Å². The van der Waals surface area contributed by atoms with E-state index in [2.05, 4.69) is 38.2 Å². The quantitative estimate of drug-likeness (QED) is 0.785. The summed E-state index contributed by atoms with van der Waals surface area (Å²) in [5, 5.41) is 3.48. The number of nitrogens with one attached hydrogen (secondary N) is 1. The molecule has 0 heterocycles. The smallest absolute Gasteiger partial charge is 0.167 e. The Morgan fingerprint density at radius 1 is 1.25 bits per heavy atom. The van der Waals surface area contributed by atoms with Crippen molar-refractivity contribution in [3.05, 3.63) is 29.3 Å². The fraction of sp³-hybridized carbons (Fsp3) is 0.529. The summed E-state index contributed by atoms with van der Waals surface area (Å²) in [6.07, 6.45) is 3.21. The summed E-state index contributed by atoms with van der Waals surface area (Å²) in [4.78, 5) is 0. The van der Waals surface area contributed by atoms with Gasteiger partial charge >= 0.3 is 0 Å². The van der Waals surface area contributed by atoms with Gasteiger partial charge in [0.05, 0.1) is 14.2 Å². The second-order valence-corrected chi connectivity index (χ2v) is 5.26. The van der Waals surface area contributed by atoms with Gasteiger partial charge in [0.15, 0.2) is 11.5 Å². The Bertz CT molecular complexity index is 439. The summed E-state index contributed by atoms with van der Waals surface area (Å²) >= 11 is 0. The molecule has 20 heavy (non-hydrogen) atoms. The maximum atomic E-state index is 5.47. The topological polar surface area (TPSA) is 30.5 Å². The highest BCUT2D eigenvalue weighted by Gasteiger charge is 2.08. The van der Waals surface area contributed by atoms with Crippen LogP contribution in [0, 0.1) is 5.92 Å². The second kappa shape index (κ2) is 8.64. The molecular weight excluding hydrogens is 250 g/mol. The Labute approximate surface area is 123 Å². The number of para-hydroxylation sites is 1. The lowest BCUT2D eigenvalue weighted by Gasteiger charge is -2.13. The third kappa shape index (κ3) is 4.89. The molecule has 0 fully saturated rings. The fourth-order valence-corrected chi connectivity index (χ4v) is 2.05. The Morgan fingerprint density at radius 3 is 2.55 bits per heavy atom. The van der Waals surface area contributed by atoms with Gasteiger partial charge < -0.3 is 14.8 Å². The molecule has 0 saturated carbocycles. The molecule has 1 N–H and O–H groups in total. The zero-order chi connectivity index (χ0) is 15.0. The lowest BCUT2D eigenvalue weighted by molar-refractivity contribution is 0.354. The van der Waals surface area contributed by atoms with Crippen LogP contribution in [0.2, 0.25) is 0 Å². The summed E-state index contributed by atoms with van der Waals surface area (Å²) in [6.45, 7) is 8.55. The summed E-state index contributed by atoms with van der Waals surface area (Å²) < 4.78 is 10.8. The van der Waals surface area contributed by atoms with Crippen molar-refractivity contribution in [3.8, 4) is 11.5 Å². The molecule has 0 aromatic heterocycles. The van der Waals surface area contributed by atoms with Gasteiger partial charge in [-0.3, -0.25) is 0 Å². The van der Waals surface area contributed by atoms with Gasteiger partial charge in [-0.15, -0.1) is 0 Å². The highest BCUT2D eigenvalue weighted by atomic mass is 16.5. The van der Waals surface area contributed by atoms with Crippen molar-refractivity contribution in [2.24, 2.45) is 5.92 Å². The predicted molar refractivity (Wildman–Crippen MR) is 85.5 cm³/mol. The second-order valence-electron chi connectivity index (χ2n) is 5.26. The van der Waals surface area contributed by atoms with Crippen molar-refractivity contribution < 1.29 is 9.47 Å². The van der Waals surface area contributed by atoms with Crippen LogP contribution < -0.4 is 14.8 Å². The van der Waals surface area contributed by atoms with Crippen LogP contribution >= 0.6 is 0 Å². The van der Waals surface area contributed by atoms with Crippen molar-refractivity contribution in [1.29, 1.82) is 0 Å². The van der Waals surface area contributed by atoms with Gasteiger partial charge in [-0.05, 0) is 24.9 Å². The van der Waals surface area contributed by atoms with E-state index in [0.717, 1.165) is 36.6 Å². The summed E-state index contributed by atoms with van der Waals surface area (Å²) in [7, 11) is 3.34. The molecular formula is C17H27NO2. The fourth-order valence-electron chi connectivity index (χ4n) is 2.05. The Kier molecular flexibility index (Phi) is 7.16. The number of ether oxygens (including phenoxy) is 2. The molecule has 0 radical (unpaired) electrons. The van der Waals surface area contributed by atoms with Crippen LogP contribution in [0.1, 0.15) is 32.8 Å². The highest BCUT2D eigenvalue weighted by molar-refractivity contribution is 5.64. The molecule has 0 amide bonds. The van der Waals surface area contributed by atoms with Gasteiger partial charge in [0.2, 0.25) is 0 Å². The van der Waals surface area contributed by atoms with E-state index < -0.39 is 0 Å². The normalized spacial score (nSPS) is 11.8. The Hall–Kier alpha value is -1.48. The highest BCUT2D eigenvalue weighted by Crippen LogP contribution is 2.32. The molecule has 3 heteroatoms. The van der Waals surface area contributed by atoms with E-state index in [9.17, 15) is 0 Å². The monoisotopic (exact) mass is 277 g/mol. The number of hydrogen-bond donors (Lipinski definition) is 1. The molecule has 3 nitrogen and oxygen atoms in total. The first-order valence-corrected chi connectivity index (χ1v) is 7.23. The van der Waals surface area contributed by atoms with Gasteiger partial charge in [0, 0.05) is 12.1 Å². The molecule has 1 aromatic carbocycles. The first kappa shape index (κ1) is 16.6. The zero-order valence-corrected chi connectivity index (χ0v) is 13.3.